The minimum absolute atomic E-state index is 0. The molecule has 0 radical (unpaired) electrons. The molecule has 6 heteroatoms. The summed E-state index contributed by atoms with van der Waals surface area (Å²) in [5.74, 6) is 0.842. The van der Waals surface area contributed by atoms with E-state index in [1.54, 1.807) is 7.11 Å². The van der Waals surface area contributed by atoms with Gasteiger partial charge in [0.25, 0.3) is 0 Å². The minimum atomic E-state index is 0. The number of carbonyl (C=O) groups is 1. The number of nitrogens with two attached hydrogens (primary N) is 1. The lowest BCUT2D eigenvalue weighted by Crippen LogP contribution is -2.34. The second kappa shape index (κ2) is 7.86. The number of anilines is 1. The third-order valence-corrected chi connectivity index (χ3v) is 4.12. The van der Waals surface area contributed by atoms with Crippen LogP contribution in [0.25, 0.3) is 0 Å². The first-order chi connectivity index (χ1) is 9.10. The van der Waals surface area contributed by atoms with E-state index in [9.17, 15) is 4.79 Å². The summed E-state index contributed by atoms with van der Waals surface area (Å²) < 4.78 is 5.99. The third-order valence-electron chi connectivity index (χ3n) is 3.50. The van der Waals surface area contributed by atoms with Gasteiger partial charge in [-0.25, -0.2) is 0 Å². The Morgan fingerprint density at radius 1 is 1.45 bits per heavy atom. The maximum Gasteiger partial charge on any atom is 0.227 e. The highest BCUT2D eigenvalue weighted by atomic mass is 79.9. The lowest BCUT2D eigenvalue weighted by molar-refractivity contribution is -0.120. The molecule has 1 fully saturated rings. The van der Waals surface area contributed by atoms with Crippen molar-refractivity contribution in [3.05, 3.63) is 22.7 Å². The van der Waals surface area contributed by atoms with E-state index in [-0.39, 0.29) is 30.3 Å². The van der Waals surface area contributed by atoms with Gasteiger partial charge in [-0.05, 0) is 53.4 Å². The molecule has 2 rings (SSSR count). The number of nitrogens with one attached hydrogen (secondary N) is 1. The van der Waals surface area contributed by atoms with Crippen LogP contribution in [0.2, 0.25) is 0 Å². The first-order valence-electron chi connectivity index (χ1n) is 6.50. The largest absolute Gasteiger partial charge is 0.496 e. The smallest absolute Gasteiger partial charge is 0.227 e. The van der Waals surface area contributed by atoms with Crippen molar-refractivity contribution < 1.29 is 9.53 Å². The van der Waals surface area contributed by atoms with Gasteiger partial charge < -0.3 is 15.8 Å². The zero-order chi connectivity index (χ0) is 13.8. The SMILES string of the molecule is COc1ccc(NC(=O)C2CCCC(N)C2)cc1Br.Cl. The first kappa shape index (κ1) is 17.3. The maximum absolute atomic E-state index is 12.2. The van der Waals surface area contributed by atoms with Crippen LogP contribution in [0.15, 0.2) is 22.7 Å². The van der Waals surface area contributed by atoms with Gasteiger partial charge >= 0.3 is 0 Å². The van der Waals surface area contributed by atoms with E-state index in [1.165, 1.54) is 0 Å². The first-order valence-corrected chi connectivity index (χ1v) is 7.29. The van der Waals surface area contributed by atoms with Crippen molar-refractivity contribution in [3.8, 4) is 5.75 Å². The molecule has 4 nitrogen and oxygen atoms in total. The van der Waals surface area contributed by atoms with Crippen molar-refractivity contribution in [2.45, 2.75) is 31.7 Å². The second-order valence-corrected chi connectivity index (χ2v) is 5.82. The van der Waals surface area contributed by atoms with Crippen molar-refractivity contribution in [3.63, 3.8) is 0 Å². The molecular weight excluding hydrogens is 344 g/mol. The molecule has 2 unspecified atom stereocenters. The van der Waals surface area contributed by atoms with Crippen LogP contribution in [0, 0.1) is 5.92 Å². The van der Waals surface area contributed by atoms with E-state index < -0.39 is 0 Å². The van der Waals surface area contributed by atoms with Crippen molar-refractivity contribution >= 4 is 39.9 Å². The van der Waals surface area contributed by atoms with Gasteiger partial charge in [0, 0.05) is 17.6 Å². The van der Waals surface area contributed by atoms with Crippen molar-refractivity contribution in [2.24, 2.45) is 11.7 Å². The van der Waals surface area contributed by atoms with Crippen LogP contribution in [-0.4, -0.2) is 19.1 Å². The summed E-state index contributed by atoms with van der Waals surface area (Å²) in [4.78, 5) is 12.2. The summed E-state index contributed by atoms with van der Waals surface area (Å²) in [6, 6.07) is 5.67. The molecule has 0 aliphatic heterocycles. The number of benzene rings is 1. The molecule has 0 saturated heterocycles. The molecule has 1 aliphatic rings. The number of halogens is 2. The highest BCUT2D eigenvalue weighted by molar-refractivity contribution is 9.10. The van der Waals surface area contributed by atoms with Crippen molar-refractivity contribution in [2.75, 3.05) is 12.4 Å². The van der Waals surface area contributed by atoms with Crippen molar-refractivity contribution in [1.82, 2.24) is 0 Å². The molecule has 3 N–H and O–H groups in total. The Balaban J connectivity index is 0.00000200. The fourth-order valence-corrected chi connectivity index (χ4v) is 2.99. The normalized spacial score (nSPS) is 21.8. The lowest BCUT2D eigenvalue weighted by atomic mass is 9.85. The predicted octanol–water partition coefficient (Wildman–Crippen LogP) is 3.34. The zero-order valence-corrected chi connectivity index (χ0v) is 13.8. The Morgan fingerprint density at radius 2 is 2.20 bits per heavy atom. The standard InChI is InChI=1S/C14H19BrN2O2.ClH/c1-19-13-6-5-11(8-12(13)15)17-14(18)9-3-2-4-10(16)7-9;/h5-6,8-10H,2-4,7,16H2,1H3,(H,17,18);1H. The molecule has 1 aromatic carbocycles. The molecule has 20 heavy (non-hydrogen) atoms. The number of carbonyl (C=O) groups excluding carboxylic acids is 1. The van der Waals surface area contributed by atoms with Gasteiger partial charge in [0.05, 0.1) is 11.6 Å². The summed E-state index contributed by atoms with van der Waals surface area (Å²) in [7, 11) is 1.61. The van der Waals surface area contributed by atoms with Crippen LogP contribution in [0.4, 0.5) is 5.69 Å². The van der Waals surface area contributed by atoms with Crippen LogP contribution < -0.4 is 15.8 Å². The maximum atomic E-state index is 12.2. The van der Waals surface area contributed by atoms with Gasteiger partial charge in [-0.1, -0.05) is 6.42 Å². The van der Waals surface area contributed by atoms with E-state index in [2.05, 4.69) is 21.2 Å². The quantitative estimate of drug-likeness (QED) is 0.865. The molecule has 112 valence electrons. The second-order valence-electron chi connectivity index (χ2n) is 4.96. The Bertz CT molecular complexity index is 470. The summed E-state index contributed by atoms with van der Waals surface area (Å²) in [6.45, 7) is 0. The predicted molar refractivity (Wildman–Crippen MR) is 86.5 cm³/mol. The number of hydrogen-bond acceptors (Lipinski definition) is 3. The Kier molecular flexibility index (Phi) is 6.79. The van der Waals surface area contributed by atoms with E-state index in [0.717, 1.165) is 41.6 Å². The van der Waals surface area contributed by atoms with Crippen LogP contribution in [-0.2, 0) is 4.79 Å². The Hall–Kier alpha value is -0.780. The highest BCUT2D eigenvalue weighted by Gasteiger charge is 2.25. The van der Waals surface area contributed by atoms with Crippen molar-refractivity contribution in [1.29, 1.82) is 0 Å². The highest BCUT2D eigenvalue weighted by Crippen LogP contribution is 2.29. The Labute approximate surface area is 134 Å². The molecule has 2 atom stereocenters. The monoisotopic (exact) mass is 362 g/mol. The van der Waals surface area contributed by atoms with E-state index in [4.69, 9.17) is 10.5 Å². The summed E-state index contributed by atoms with van der Waals surface area (Å²) in [6.07, 6.45) is 3.77. The van der Waals surface area contributed by atoms with Crippen LogP contribution >= 0.6 is 28.3 Å². The Morgan fingerprint density at radius 3 is 2.80 bits per heavy atom. The fourth-order valence-electron chi connectivity index (χ4n) is 2.45. The number of rotatable bonds is 3. The summed E-state index contributed by atoms with van der Waals surface area (Å²) in [5, 5.41) is 2.94. The summed E-state index contributed by atoms with van der Waals surface area (Å²) >= 11 is 3.41. The average molecular weight is 364 g/mol. The molecule has 0 spiro atoms. The van der Waals surface area contributed by atoms with E-state index in [1.807, 2.05) is 18.2 Å². The summed E-state index contributed by atoms with van der Waals surface area (Å²) in [5.41, 5.74) is 6.69. The number of methoxy groups -OCH3 is 1. The van der Waals surface area contributed by atoms with Crippen LogP contribution in [0.1, 0.15) is 25.7 Å². The molecule has 0 bridgehead atoms. The van der Waals surface area contributed by atoms with Gasteiger partial charge in [0.15, 0.2) is 0 Å². The number of ether oxygens (including phenoxy) is 1. The number of hydrogen-bond donors (Lipinski definition) is 2. The van der Waals surface area contributed by atoms with E-state index in [0.29, 0.717) is 0 Å². The molecule has 1 saturated carbocycles. The van der Waals surface area contributed by atoms with Gasteiger partial charge in [-0.15, -0.1) is 12.4 Å². The number of amides is 1. The minimum Gasteiger partial charge on any atom is -0.496 e. The molecule has 1 aliphatic carbocycles. The average Bonchev–Trinajstić information content (AvgIpc) is 2.39. The van der Waals surface area contributed by atoms with E-state index >= 15 is 0 Å². The molecular formula is C14H20BrClN2O2. The topological polar surface area (TPSA) is 64.3 Å². The van der Waals surface area contributed by atoms with Crippen LogP contribution in [0.5, 0.6) is 5.75 Å². The third kappa shape index (κ3) is 4.36. The molecule has 1 amide bonds. The zero-order valence-electron chi connectivity index (χ0n) is 11.4. The van der Waals surface area contributed by atoms with Gasteiger partial charge in [0.1, 0.15) is 5.75 Å². The fraction of sp³-hybridized carbons (Fsp3) is 0.500. The molecule has 0 heterocycles. The van der Waals surface area contributed by atoms with Gasteiger partial charge in [-0.2, -0.15) is 0 Å². The molecule has 0 aromatic heterocycles. The van der Waals surface area contributed by atoms with Gasteiger partial charge in [-0.3, -0.25) is 4.79 Å². The van der Waals surface area contributed by atoms with Crippen LogP contribution in [0.3, 0.4) is 0 Å². The van der Waals surface area contributed by atoms with Gasteiger partial charge in [0.2, 0.25) is 5.91 Å². The molecule has 1 aromatic rings. The lowest BCUT2D eigenvalue weighted by Gasteiger charge is -2.25.